The molecule has 2 bridgehead atoms. The van der Waals surface area contributed by atoms with E-state index < -0.39 is 11.5 Å². The Bertz CT molecular complexity index is 468. The van der Waals surface area contributed by atoms with Gasteiger partial charge in [0.05, 0.1) is 18.8 Å². The second-order valence-corrected chi connectivity index (χ2v) is 8.94. The van der Waals surface area contributed by atoms with Crippen LogP contribution in [0.2, 0.25) is 0 Å². The number of unbranched alkanes of at least 4 members (excludes halogenated alkanes) is 4. The van der Waals surface area contributed by atoms with Crippen LogP contribution in [-0.4, -0.2) is 60.9 Å². The number of nitrogens with zero attached hydrogens (tertiary/aromatic N) is 1. The molecule has 0 unspecified atom stereocenters. The Labute approximate surface area is 170 Å². The third kappa shape index (κ3) is 6.68. The number of hydroxylamine groups is 2. The zero-order valence-electron chi connectivity index (χ0n) is 18.3. The smallest absolute Gasteiger partial charge is 0.277 e. The van der Waals surface area contributed by atoms with Crippen LogP contribution in [0, 0.1) is 11.8 Å². The van der Waals surface area contributed by atoms with Crippen LogP contribution < -0.4 is 0 Å². The highest BCUT2D eigenvalue weighted by Gasteiger charge is 2.48. The van der Waals surface area contributed by atoms with Crippen molar-refractivity contribution in [2.24, 2.45) is 11.8 Å². The molecule has 2 heterocycles. The molecule has 28 heavy (non-hydrogen) atoms. The van der Waals surface area contributed by atoms with Gasteiger partial charge in [0.1, 0.15) is 5.60 Å². The maximum Gasteiger partial charge on any atom is 0.277 e. The molecule has 2 fully saturated rings. The van der Waals surface area contributed by atoms with E-state index in [1.807, 2.05) is 0 Å². The van der Waals surface area contributed by atoms with Gasteiger partial charge in [-0.25, -0.2) is 5.06 Å². The molecule has 2 aliphatic rings. The molecule has 0 aromatic carbocycles. The first-order chi connectivity index (χ1) is 13.4. The molecule has 6 heteroatoms. The monoisotopic (exact) mass is 399 g/mol. The molecule has 1 N–H and O–H groups in total. The van der Waals surface area contributed by atoms with E-state index in [-0.39, 0.29) is 0 Å². The van der Waals surface area contributed by atoms with Gasteiger partial charge in [0.15, 0.2) is 0 Å². The van der Waals surface area contributed by atoms with E-state index in [0.717, 1.165) is 38.9 Å². The number of carbonyl (C=O) groups excluding carboxylic acids is 1. The minimum Gasteiger partial charge on any atom is -0.381 e. The van der Waals surface area contributed by atoms with Crippen molar-refractivity contribution < 1.29 is 24.2 Å². The lowest BCUT2D eigenvalue weighted by Crippen LogP contribution is -2.44. The van der Waals surface area contributed by atoms with Gasteiger partial charge < -0.3 is 14.2 Å². The lowest BCUT2D eigenvalue weighted by molar-refractivity contribution is -0.182. The predicted octanol–water partition coefficient (Wildman–Crippen LogP) is 4.19. The second-order valence-electron chi connectivity index (χ2n) is 8.94. The van der Waals surface area contributed by atoms with Crippen molar-refractivity contribution in [3.63, 3.8) is 0 Å². The third-order valence-electron chi connectivity index (χ3n) is 6.25. The topological polar surface area (TPSA) is 68.2 Å². The number of hydrogen-bond donors (Lipinski definition) is 1. The lowest BCUT2D eigenvalue weighted by Gasteiger charge is -2.28. The number of carbonyl (C=O) groups is 1. The van der Waals surface area contributed by atoms with Gasteiger partial charge in [0.25, 0.3) is 5.91 Å². The Balaban J connectivity index is 1.65. The molecule has 6 nitrogen and oxygen atoms in total. The van der Waals surface area contributed by atoms with Crippen molar-refractivity contribution in [1.29, 1.82) is 0 Å². The van der Waals surface area contributed by atoms with Gasteiger partial charge in [-0.2, -0.15) is 0 Å². The fraction of sp³-hybridized carbons (Fsp3) is 0.955. The Kier molecular flexibility index (Phi) is 9.67. The van der Waals surface area contributed by atoms with Crippen molar-refractivity contribution in [2.45, 2.75) is 96.4 Å². The predicted molar refractivity (Wildman–Crippen MR) is 108 cm³/mol. The Morgan fingerprint density at radius 3 is 2.43 bits per heavy atom. The van der Waals surface area contributed by atoms with Crippen LogP contribution in [0.4, 0.5) is 0 Å². The summed E-state index contributed by atoms with van der Waals surface area (Å²) in [5.41, 5.74) is -0.993. The maximum absolute atomic E-state index is 11.9. The second kappa shape index (κ2) is 11.5. The van der Waals surface area contributed by atoms with E-state index in [2.05, 4.69) is 6.92 Å². The molecular weight excluding hydrogens is 358 g/mol. The average molecular weight is 400 g/mol. The quantitative estimate of drug-likeness (QED) is 0.269. The summed E-state index contributed by atoms with van der Waals surface area (Å²) in [6, 6.07) is 0. The molecule has 0 spiro atoms. The first-order valence-electron chi connectivity index (χ1n) is 11.2. The Morgan fingerprint density at radius 2 is 1.75 bits per heavy atom. The molecule has 2 rings (SSSR count). The zero-order chi connectivity index (χ0) is 20.6. The minimum absolute atomic E-state index is 0.388. The van der Waals surface area contributed by atoms with E-state index in [1.165, 1.54) is 39.2 Å². The summed E-state index contributed by atoms with van der Waals surface area (Å²) < 4.78 is 17.9. The number of hydrogen-bond acceptors (Lipinski definition) is 5. The third-order valence-corrected chi connectivity index (χ3v) is 6.25. The van der Waals surface area contributed by atoms with Gasteiger partial charge >= 0.3 is 0 Å². The molecule has 164 valence electrons. The summed E-state index contributed by atoms with van der Waals surface area (Å²) in [6.45, 7) is 7.84. The van der Waals surface area contributed by atoms with Crippen LogP contribution in [-0.2, 0) is 19.0 Å². The molecule has 1 amide bonds. The minimum atomic E-state index is -0.993. The molecule has 0 saturated carbocycles. The fourth-order valence-corrected chi connectivity index (χ4v) is 4.61. The van der Waals surface area contributed by atoms with Crippen molar-refractivity contribution in [1.82, 2.24) is 5.06 Å². The summed E-state index contributed by atoms with van der Waals surface area (Å²) in [5, 5.41) is 9.90. The fourth-order valence-electron chi connectivity index (χ4n) is 4.61. The normalized spacial score (nSPS) is 26.8. The number of likely N-dealkylation sites (N-methyl/N-ethyl adjacent to an activating group) is 1. The zero-order valence-corrected chi connectivity index (χ0v) is 18.3. The van der Waals surface area contributed by atoms with Crippen LogP contribution in [0.15, 0.2) is 0 Å². The first-order valence-corrected chi connectivity index (χ1v) is 11.2. The highest BCUT2D eigenvalue weighted by atomic mass is 16.5. The summed E-state index contributed by atoms with van der Waals surface area (Å²) >= 11 is 0. The Morgan fingerprint density at radius 1 is 1.07 bits per heavy atom. The highest BCUT2D eigenvalue weighted by Crippen LogP contribution is 2.45. The van der Waals surface area contributed by atoms with E-state index in [4.69, 9.17) is 14.2 Å². The van der Waals surface area contributed by atoms with Gasteiger partial charge in [-0.3, -0.25) is 10.0 Å². The van der Waals surface area contributed by atoms with Crippen LogP contribution in [0.25, 0.3) is 0 Å². The molecule has 0 aromatic rings. The highest BCUT2D eigenvalue weighted by molar-refractivity contribution is 5.83. The van der Waals surface area contributed by atoms with Crippen LogP contribution in [0.3, 0.4) is 0 Å². The molecule has 2 aliphatic heterocycles. The number of ether oxygens (including phenoxy) is 3. The van der Waals surface area contributed by atoms with Crippen molar-refractivity contribution in [2.75, 3.05) is 26.9 Å². The van der Waals surface area contributed by atoms with E-state index >= 15 is 0 Å². The van der Waals surface area contributed by atoms with E-state index in [1.54, 1.807) is 13.8 Å². The van der Waals surface area contributed by atoms with E-state index in [9.17, 15) is 10.0 Å². The molecule has 0 radical (unpaired) electrons. The molecule has 0 aromatic heterocycles. The van der Waals surface area contributed by atoms with Gasteiger partial charge in [-0.1, -0.05) is 32.6 Å². The number of fused-ring (bicyclic) bond motifs is 2. The largest absolute Gasteiger partial charge is 0.381 e. The van der Waals surface area contributed by atoms with Gasteiger partial charge in [0.2, 0.25) is 0 Å². The van der Waals surface area contributed by atoms with Crippen molar-refractivity contribution in [3.05, 3.63) is 0 Å². The maximum atomic E-state index is 11.9. The van der Waals surface area contributed by atoms with Crippen LogP contribution in [0.1, 0.15) is 78.6 Å². The van der Waals surface area contributed by atoms with Crippen LogP contribution in [0.5, 0.6) is 0 Å². The molecule has 2 saturated heterocycles. The van der Waals surface area contributed by atoms with Gasteiger partial charge in [-0.05, 0) is 51.9 Å². The number of amides is 1. The Hall–Kier alpha value is -0.690. The van der Waals surface area contributed by atoms with Crippen molar-refractivity contribution in [3.8, 4) is 0 Å². The van der Waals surface area contributed by atoms with E-state index in [0.29, 0.717) is 35.7 Å². The van der Waals surface area contributed by atoms with Crippen molar-refractivity contribution >= 4 is 5.91 Å². The molecule has 4 atom stereocenters. The van der Waals surface area contributed by atoms with Crippen LogP contribution >= 0.6 is 0 Å². The first kappa shape index (κ1) is 23.6. The summed E-state index contributed by atoms with van der Waals surface area (Å²) in [6.07, 6.45) is 11.2. The SMILES string of the molecule is CCCCCCOC[C@H]1[C@@H](CCCCOC(C)(C)C(=O)N(C)O)[C@H]2CC[C@@H]1O2. The standard InChI is InChI=1S/C22H41NO5/c1-5-6-7-9-14-26-16-18-17(19-12-13-20(18)28-19)11-8-10-15-27-22(2,3)21(24)23(4)25/h17-20,25H,5-16H2,1-4H3/t17-,18+,19-,20+/m1/s1. The molecular formula is C22H41NO5. The summed E-state index contributed by atoms with van der Waals surface area (Å²) in [5.74, 6) is 0.699. The molecule has 0 aliphatic carbocycles. The lowest BCUT2D eigenvalue weighted by atomic mass is 9.77. The van der Waals surface area contributed by atoms with Gasteiger partial charge in [-0.15, -0.1) is 0 Å². The number of rotatable bonds is 14. The average Bonchev–Trinajstić information content (AvgIpc) is 3.25. The van der Waals surface area contributed by atoms with Gasteiger partial charge in [0, 0.05) is 26.2 Å². The summed E-state index contributed by atoms with van der Waals surface area (Å²) in [7, 11) is 1.33. The summed E-state index contributed by atoms with van der Waals surface area (Å²) in [4.78, 5) is 11.9.